The summed E-state index contributed by atoms with van der Waals surface area (Å²) in [7, 11) is 0. The number of amides is 4. The Kier molecular flexibility index (Phi) is 4.22. The number of carbonyl (C=O) groups is 3. The molecule has 0 radical (unpaired) electrons. The van der Waals surface area contributed by atoms with Crippen molar-refractivity contribution in [3.05, 3.63) is 41.9 Å². The Labute approximate surface area is 142 Å². The van der Waals surface area contributed by atoms with Gasteiger partial charge in [-0.05, 0) is 38.1 Å². The smallest absolute Gasteiger partial charge is 0.332 e. The number of anilines is 2. The van der Waals surface area contributed by atoms with Crippen LogP contribution in [0.1, 0.15) is 12.7 Å². The molecule has 0 saturated carbocycles. The molecule has 1 aromatic heterocycles. The first-order valence-corrected chi connectivity index (χ1v) is 7.50. The lowest BCUT2D eigenvalue weighted by molar-refractivity contribution is -0.130. The van der Waals surface area contributed by atoms with Crippen molar-refractivity contribution in [1.82, 2.24) is 10.1 Å². The molecule has 1 saturated heterocycles. The van der Waals surface area contributed by atoms with E-state index in [1.54, 1.807) is 13.8 Å². The Hall–Kier alpha value is -3.23. The fourth-order valence-corrected chi connectivity index (χ4v) is 2.56. The molecule has 0 spiro atoms. The van der Waals surface area contributed by atoms with E-state index in [1.807, 2.05) is 0 Å². The first kappa shape index (κ1) is 16.6. The molecule has 1 aromatic carbocycles. The molecule has 8 nitrogen and oxygen atoms in total. The zero-order valence-electron chi connectivity index (χ0n) is 13.5. The van der Waals surface area contributed by atoms with Gasteiger partial charge in [0, 0.05) is 11.8 Å². The van der Waals surface area contributed by atoms with Gasteiger partial charge in [0.15, 0.2) is 5.82 Å². The maximum atomic E-state index is 13.1. The predicted octanol–water partition coefficient (Wildman–Crippen LogP) is 1.92. The molecule has 1 aliphatic rings. The molecule has 1 fully saturated rings. The van der Waals surface area contributed by atoms with Gasteiger partial charge in [-0.1, -0.05) is 5.16 Å². The number of hydrogen-bond acceptors (Lipinski definition) is 5. The summed E-state index contributed by atoms with van der Waals surface area (Å²) in [5, 5.41) is 6.06. The first-order chi connectivity index (χ1) is 11.9. The van der Waals surface area contributed by atoms with Crippen molar-refractivity contribution in [3.8, 4) is 0 Å². The zero-order valence-corrected chi connectivity index (χ0v) is 13.5. The fraction of sp³-hybridized carbons (Fsp3) is 0.250. The lowest BCUT2D eigenvalue weighted by Crippen LogP contribution is -2.39. The molecule has 0 bridgehead atoms. The predicted molar refractivity (Wildman–Crippen MR) is 85.3 cm³/mol. The summed E-state index contributed by atoms with van der Waals surface area (Å²) >= 11 is 0. The number of imide groups is 1. The Balaban J connectivity index is 1.73. The minimum atomic E-state index is -0.792. The SMILES string of the molecule is Cc1cc(NC(=O)CN2C(=O)C(C)N(c3ccc(F)cc3)C2=O)no1. The van der Waals surface area contributed by atoms with E-state index in [9.17, 15) is 18.8 Å². The number of aromatic nitrogens is 1. The number of urea groups is 1. The molecular weight excluding hydrogens is 331 g/mol. The van der Waals surface area contributed by atoms with Crippen LogP contribution in [-0.4, -0.2) is 40.5 Å². The molecule has 1 aliphatic heterocycles. The summed E-state index contributed by atoms with van der Waals surface area (Å²) in [6, 6.07) is 5.27. The molecule has 0 aliphatic carbocycles. The van der Waals surface area contributed by atoms with Gasteiger partial charge in [0.05, 0.1) is 0 Å². The molecule has 25 heavy (non-hydrogen) atoms. The van der Waals surface area contributed by atoms with Crippen LogP contribution >= 0.6 is 0 Å². The average Bonchev–Trinajstić information content (AvgIpc) is 3.06. The van der Waals surface area contributed by atoms with E-state index in [4.69, 9.17) is 4.52 Å². The summed E-state index contributed by atoms with van der Waals surface area (Å²) < 4.78 is 17.9. The van der Waals surface area contributed by atoms with Gasteiger partial charge in [-0.15, -0.1) is 0 Å². The van der Waals surface area contributed by atoms with E-state index in [-0.39, 0.29) is 5.82 Å². The lowest BCUT2D eigenvalue weighted by Gasteiger charge is -2.19. The lowest BCUT2D eigenvalue weighted by atomic mass is 10.2. The van der Waals surface area contributed by atoms with Crippen LogP contribution in [0.25, 0.3) is 0 Å². The Morgan fingerprint density at radius 1 is 1.32 bits per heavy atom. The van der Waals surface area contributed by atoms with Crippen LogP contribution < -0.4 is 10.2 Å². The summed E-state index contributed by atoms with van der Waals surface area (Å²) in [6.45, 7) is 2.76. The van der Waals surface area contributed by atoms with Crippen LogP contribution in [0.4, 0.5) is 20.7 Å². The Morgan fingerprint density at radius 2 is 2.00 bits per heavy atom. The van der Waals surface area contributed by atoms with E-state index >= 15 is 0 Å². The van der Waals surface area contributed by atoms with E-state index < -0.39 is 36.2 Å². The van der Waals surface area contributed by atoms with Crippen molar-refractivity contribution >= 4 is 29.4 Å². The second-order valence-corrected chi connectivity index (χ2v) is 5.60. The number of hydrogen-bond donors (Lipinski definition) is 1. The highest BCUT2D eigenvalue weighted by atomic mass is 19.1. The average molecular weight is 346 g/mol. The molecule has 3 rings (SSSR count). The molecule has 1 atom stereocenters. The van der Waals surface area contributed by atoms with Crippen LogP contribution in [0.15, 0.2) is 34.9 Å². The Morgan fingerprint density at radius 3 is 2.60 bits per heavy atom. The number of benzene rings is 1. The molecule has 2 aromatic rings. The number of nitrogens with zero attached hydrogens (tertiary/aromatic N) is 3. The largest absolute Gasteiger partial charge is 0.360 e. The normalized spacial score (nSPS) is 17.3. The van der Waals surface area contributed by atoms with Gasteiger partial charge in [-0.25, -0.2) is 9.18 Å². The van der Waals surface area contributed by atoms with E-state index in [1.165, 1.54) is 35.2 Å². The number of nitrogens with one attached hydrogen (secondary N) is 1. The van der Waals surface area contributed by atoms with Crippen LogP contribution in [0.3, 0.4) is 0 Å². The molecule has 4 amide bonds. The van der Waals surface area contributed by atoms with Gasteiger partial charge < -0.3 is 9.84 Å². The minimum Gasteiger partial charge on any atom is -0.360 e. The van der Waals surface area contributed by atoms with Crippen molar-refractivity contribution in [2.24, 2.45) is 0 Å². The zero-order chi connectivity index (χ0) is 18.1. The number of halogens is 1. The van der Waals surface area contributed by atoms with Crippen LogP contribution in [0, 0.1) is 12.7 Å². The van der Waals surface area contributed by atoms with E-state index in [2.05, 4.69) is 10.5 Å². The van der Waals surface area contributed by atoms with Crippen molar-refractivity contribution in [2.45, 2.75) is 19.9 Å². The number of carbonyl (C=O) groups excluding carboxylic acids is 3. The van der Waals surface area contributed by atoms with Gasteiger partial charge >= 0.3 is 6.03 Å². The summed E-state index contributed by atoms with van der Waals surface area (Å²) in [4.78, 5) is 39.0. The van der Waals surface area contributed by atoms with Crippen molar-refractivity contribution in [1.29, 1.82) is 0 Å². The van der Waals surface area contributed by atoms with Crippen molar-refractivity contribution < 1.29 is 23.3 Å². The topological polar surface area (TPSA) is 95.8 Å². The molecule has 9 heteroatoms. The van der Waals surface area contributed by atoms with Crippen molar-refractivity contribution in [3.63, 3.8) is 0 Å². The minimum absolute atomic E-state index is 0.199. The van der Waals surface area contributed by atoms with Gasteiger partial charge in [0.25, 0.3) is 5.91 Å². The summed E-state index contributed by atoms with van der Waals surface area (Å²) in [6.07, 6.45) is 0. The third kappa shape index (κ3) is 3.21. The summed E-state index contributed by atoms with van der Waals surface area (Å²) in [5.41, 5.74) is 0.377. The molecule has 1 unspecified atom stereocenters. The van der Waals surface area contributed by atoms with Crippen molar-refractivity contribution in [2.75, 3.05) is 16.8 Å². The van der Waals surface area contributed by atoms with Crippen LogP contribution in [-0.2, 0) is 9.59 Å². The molecular formula is C16H15FN4O4. The van der Waals surface area contributed by atoms with Crippen LogP contribution in [0.2, 0.25) is 0 Å². The summed E-state index contributed by atoms with van der Waals surface area (Å²) in [5.74, 6) is -0.831. The standard InChI is InChI=1S/C16H15FN4O4/c1-9-7-13(19-25-9)18-14(22)8-20-15(23)10(2)21(16(20)24)12-5-3-11(17)4-6-12/h3-7,10H,8H2,1-2H3,(H,18,19,22). The highest BCUT2D eigenvalue weighted by molar-refractivity contribution is 6.16. The highest BCUT2D eigenvalue weighted by Gasteiger charge is 2.44. The number of rotatable bonds is 4. The second kappa shape index (κ2) is 6.34. The monoisotopic (exact) mass is 346 g/mol. The maximum absolute atomic E-state index is 13.1. The molecule has 130 valence electrons. The highest BCUT2D eigenvalue weighted by Crippen LogP contribution is 2.25. The Bertz CT molecular complexity index is 833. The van der Waals surface area contributed by atoms with Gasteiger partial charge in [-0.3, -0.25) is 19.4 Å². The second-order valence-electron chi connectivity index (χ2n) is 5.60. The van der Waals surface area contributed by atoms with Gasteiger partial charge in [0.2, 0.25) is 5.91 Å². The quantitative estimate of drug-likeness (QED) is 0.853. The van der Waals surface area contributed by atoms with E-state index in [0.717, 1.165) is 4.90 Å². The van der Waals surface area contributed by atoms with Gasteiger partial charge in [-0.2, -0.15) is 0 Å². The van der Waals surface area contributed by atoms with Crippen LogP contribution in [0.5, 0.6) is 0 Å². The third-order valence-electron chi connectivity index (χ3n) is 3.75. The maximum Gasteiger partial charge on any atom is 0.332 e. The molecule has 1 N–H and O–H groups in total. The van der Waals surface area contributed by atoms with E-state index in [0.29, 0.717) is 11.4 Å². The fourth-order valence-electron chi connectivity index (χ4n) is 2.56. The van der Waals surface area contributed by atoms with Gasteiger partial charge in [0.1, 0.15) is 24.2 Å². The first-order valence-electron chi connectivity index (χ1n) is 7.50. The molecule has 2 heterocycles. The third-order valence-corrected chi connectivity index (χ3v) is 3.75. The number of aryl methyl sites for hydroxylation is 1.